The SMILES string of the molecule is CNC(CN1CCC(N(C)C)CC1)c1cccc(OC)c1. The Morgan fingerprint density at radius 3 is 2.62 bits per heavy atom. The van der Waals surface area contributed by atoms with Crippen LogP contribution in [0.2, 0.25) is 0 Å². The number of rotatable bonds is 6. The van der Waals surface area contributed by atoms with E-state index >= 15 is 0 Å². The maximum absolute atomic E-state index is 5.33. The lowest BCUT2D eigenvalue weighted by molar-refractivity contribution is 0.136. The highest BCUT2D eigenvalue weighted by molar-refractivity contribution is 5.30. The van der Waals surface area contributed by atoms with Crippen molar-refractivity contribution in [3.63, 3.8) is 0 Å². The lowest BCUT2D eigenvalue weighted by Gasteiger charge is -2.36. The van der Waals surface area contributed by atoms with Gasteiger partial charge in [0.05, 0.1) is 7.11 Å². The van der Waals surface area contributed by atoms with Gasteiger partial charge in [-0.2, -0.15) is 0 Å². The number of likely N-dealkylation sites (N-methyl/N-ethyl adjacent to an activating group) is 1. The summed E-state index contributed by atoms with van der Waals surface area (Å²) < 4.78 is 5.33. The van der Waals surface area contributed by atoms with Crippen LogP contribution in [0.1, 0.15) is 24.4 Å². The summed E-state index contributed by atoms with van der Waals surface area (Å²) in [6.07, 6.45) is 2.53. The van der Waals surface area contributed by atoms with E-state index in [4.69, 9.17) is 4.74 Å². The average molecular weight is 291 g/mol. The third-order valence-corrected chi connectivity index (χ3v) is 4.57. The van der Waals surface area contributed by atoms with Gasteiger partial charge >= 0.3 is 0 Å². The Kier molecular flexibility index (Phi) is 6.03. The van der Waals surface area contributed by atoms with Crippen molar-refractivity contribution in [3.8, 4) is 5.75 Å². The minimum Gasteiger partial charge on any atom is -0.497 e. The van der Waals surface area contributed by atoms with E-state index in [1.165, 1.54) is 31.5 Å². The van der Waals surface area contributed by atoms with Gasteiger partial charge in [-0.25, -0.2) is 0 Å². The van der Waals surface area contributed by atoms with Gasteiger partial charge in [-0.3, -0.25) is 0 Å². The van der Waals surface area contributed by atoms with Gasteiger partial charge in [0, 0.05) is 18.6 Å². The Hall–Kier alpha value is -1.10. The average Bonchev–Trinajstić information content (AvgIpc) is 2.53. The molecule has 1 aromatic carbocycles. The number of hydrogen-bond donors (Lipinski definition) is 1. The van der Waals surface area contributed by atoms with Crippen molar-refractivity contribution in [1.82, 2.24) is 15.1 Å². The van der Waals surface area contributed by atoms with Gasteiger partial charge in [-0.1, -0.05) is 12.1 Å². The van der Waals surface area contributed by atoms with Crippen LogP contribution >= 0.6 is 0 Å². The predicted molar refractivity (Wildman–Crippen MR) is 87.9 cm³/mol. The molecule has 0 amide bonds. The lowest BCUT2D eigenvalue weighted by atomic mass is 10.0. The summed E-state index contributed by atoms with van der Waals surface area (Å²) in [6.45, 7) is 3.43. The molecule has 0 aliphatic carbocycles. The third-order valence-electron chi connectivity index (χ3n) is 4.57. The standard InChI is InChI=1S/C17H29N3O/c1-18-17(14-6-5-7-16(12-14)21-4)13-20-10-8-15(9-11-20)19(2)3/h5-7,12,15,17-18H,8-11,13H2,1-4H3. The largest absolute Gasteiger partial charge is 0.497 e. The van der Waals surface area contributed by atoms with Crippen molar-refractivity contribution >= 4 is 0 Å². The van der Waals surface area contributed by atoms with Gasteiger partial charge in [0.1, 0.15) is 5.75 Å². The molecule has 1 heterocycles. The molecule has 4 heteroatoms. The first-order valence-corrected chi connectivity index (χ1v) is 7.84. The number of piperidine rings is 1. The molecule has 1 unspecified atom stereocenters. The molecule has 1 aromatic rings. The van der Waals surface area contributed by atoms with Crippen LogP contribution in [-0.2, 0) is 0 Å². The molecule has 0 spiro atoms. The Balaban J connectivity index is 1.93. The molecular weight excluding hydrogens is 262 g/mol. The van der Waals surface area contributed by atoms with Gasteiger partial charge in [0.25, 0.3) is 0 Å². The molecule has 0 radical (unpaired) electrons. The van der Waals surface area contributed by atoms with Crippen LogP contribution in [0.3, 0.4) is 0 Å². The zero-order chi connectivity index (χ0) is 15.2. The molecule has 1 fully saturated rings. The Bertz CT molecular complexity index is 428. The Morgan fingerprint density at radius 2 is 2.05 bits per heavy atom. The molecule has 4 nitrogen and oxygen atoms in total. The summed E-state index contributed by atoms with van der Waals surface area (Å²) in [5.74, 6) is 0.930. The van der Waals surface area contributed by atoms with Gasteiger partial charge in [-0.15, -0.1) is 0 Å². The first-order chi connectivity index (χ1) is 10.1. The number of benzene rings is 1. The molecule has 0 bridgehead atoms. The van der Waals surface area contributed by atoms with E-state index in [1.807, 2.05) is 13.1 Å². The van der Waals surface area contributed by atoms with Gasteiger partial charge in [0.15, 0.2) is 0 Å². The van der Waals surface area contributed by atoms with E-state index in [-0.39, 0.29) is 0 Å². The second-order valence-corrected chi connectivity index (χ2v) is 6.11. The Labute approximate surface area is 129 Å². The molecule has 21 heavy (non-hydrogen) atoms. The van der Waals surface area contributed by atoms with E-state index in [1.54, 1.807) is 7.11 Å². The summed E-state index contributed by atoms with van der Waals surface area (Å²) in [4.78, 5) is 4.93. The van der Waals surface area contributed by atoms with Crippen molar-refractivity contribution in [3.05, 3.63) is 29.8 Å². The van der Waals surface area contributed by atoms with Crippen molar-refractivity contribution in [1.29, 1.82) is 0 Å². The van der Waals surface area contributed by atoms with Crippen molar-refractivity contribution < 1.29 is 4.74 Å². The van der Waals surface area contributed by atoms with Gasteiger partial charge < -0.3 is 19.9 Å². The molecule has 0 aromatic heterocycles. The van der Waals surface area contributed by atoms with Crippen molar-refractivity contribution in [2.24, 2.45) is 0 Å². The molecule has 2 rings (SSSR count). The van der Waals surface area contributed by atoms with Crippen LogP contribution in [-0.4, -0.2) is 63.7 Å². The van der Waals surface area contributed by atoms with Crippen molar-refractivity contribution in [2.75, 3.05) is 47.9 Å². The van der Waals surface area contributed by atoms with E-state index in [2.05, 4.69) is 47.4 Å². The maximum atomic E-state index is 5.33. The first kappa shape index (κ1) is 16.3. The van der Waals surface area contributed by atoms with Crippen LogP contribution in [0.15, 0.2) is 24.3 Å². The summed E-state index contributed by atoms with van der Waals surface area (Å²) in [6, 6.07) is 9.47. The summed E-state index contributed by atoms with van der Waals surface area (Å²) in [5.41, 5.74) is 1.30. The van der Waals surface area contributed by atoms with Gasteiger partial charge in [-0.05, 0) is 64.8 Å². The minimum atomic E-state index is 0.357. The van der Waals surface area contributed by atoms with E-state index < -0.39 is 0 Å². The van der Waals surface area contributed by atoms with E-state index in [0.29, 0.717) is 6.04 Å². The summed E-state index contributed by atoms with van der Waals surface area (Å²) in [7, 11) is 8.14. The molecular formula is C17H29N3O. The zero-order valence-corrected chi connectivity index (χ0v) is 13.8. The second-order valence-electron chi connectivity index (χ2n) is 6.11. The van der Waals surface area contributed by atoms with E-state index in [0.717, 1.165) is 18.3 Å². The fourth-order valence-corrected chi connectivity index (χ4v) is 3.10. The molecule has 1 aliphatic heterocycles. The van der Waals surface area contributed by atoms with E-state index in [9.17, 15) is 0 Å². The number of nitrogens with one attached hydrogen (secondary N) is 1. The van der Waals surface area contributed by atoms with Crippen LogP contribution in [0.5, 0.6) is 5.75 Å². The van der Waals surface area contributed by atoms with Crippen molar-refractivity contribution in [2.45, 2.75) is 24.9 Å². The molecule has 118 valence electrons. The molecule has 1 atom stereocenters. The fraction of sp³-hybridized carbons (Fsp3) is 0.647. The molecule has 1 aliphatic rings. The smallest absolute Gasteiger partial charge is 0.119 e. The highest BCUT2D eigenvalue weighted by Crippen LogP contribution is 2.22. The topological polar surface area (TPSA) is 27.7 Å². The van der Waals surface area contributed by atoms with Crippen LogP contribution in [0, 0.1) is 0 Å². The highest BCUT2D eigenvalue weighted by atomic mass is 16.5. The van der Waals surface area contributed by atoms with Crippen LogP contribution in [0.4, 0.5) is 0 Å². The number of ether oxygens (including phenoxy) is 1. The normalized spacial score (nSPS) is 18.9. The number of methoxy groups -OCH3 is 1. The van der Waals surface area contributed by atoms with Crippen LogP contribution < -0.4 is 10.1 Å². The number of nitrogens with zero attached hydrogens (tertiary/aromatic N) is 2. The quantitative estimate of drug-likeness (QED) is 0.867. The lowest BCUT2D eigenvalue weighted by Crippen LogP contribution is -2.44. The maximum Gasteiger partial charge on any atom is 0.119 e. The summed E-state index contributed by atoms with van der Waals surface area (Å²) >= 11 is 0. The van der Waals surface area contributed by atoms with Gasteiger partial charge in [0.2, 0.25) is 0 Å². The third kappa shape index (κ3) is 4.43. The first-order valence-electron chi connectivity index (χ1n) is 7.84. The molecule has 0 saturated carbocycles. The predicted octanol–water partition coefficient (Wildman–Crippen LogP) is 1.98. The Morgan fingerprint density at radius 1 is 1.33 bits per heavy atom. The zero-order valence-electron chi connectivity index (χ0n) is 13.8. The van der Waals surface area contributed by atoms with Crippen LogP contribution in [0.25, 0.3) is 0 Å². The molecule has 1 saturated heterocycles. The second kappa shape index (κ2) is 7.78. The monoisotopic (exact) mass is 291 g/mol. The highest BCUT2D eigenvalue weighted by Gasteiger charge is 2.22. The minimum absolute atomic E-state index is 0.357. The fourth-order valence-electron chi connectivity index (χ4n) is 3.10. The summed E-state index contributed by atoms with van der Waals surface area (Å²) in [5, 5.41) is 3.44. The molecule has 1 N–H and O–H groups in total. The number of likely N-dealkylation sites (tertiary alicyclic amines) is 1. The number of hydrogen-bond acceptors (Lipinski definition) is 4.